The van der Waals surface area contributed by atoms with Crippen LogP contribution in [0.2, 0.25) is 0 Å². The fourth-order valence-corrected chi connectivity index (χ4v) is 2.31. The molecule has 5 nitrogen and oxygen atoms in total. The third kappa shape index (κ3) is 2.76. The molecule has 2 amide bonds. The number of nitrogens with two attached hydrogens (primary N) is 1. The van der Waals surface area contributed by atoms with Crippen LogP contribution < -0.4 is 11.1 Å². The normalized spacial score (nSPS) is 23.2. The van der Waals surface area contributed by atoms with Crippen molar-refractivity contribution in [2.45, 2.75) is 25.9 Å². The van der Waals surface area contributed by atoms with Crippen LogP contribution in [-0.4, -0.2) is 41.9 Å². The molecule has 1 aromatic carbocycles. The molecule has 0 aromatic heterocycles. The van der Waals surface area contributed by atoms with E-state index in [4.69, 9.17) is 5.73 Å². The number of nitrogens with one attached hydrogen (secondary N) is 1. The molecule has 1 aliphatic rings. The largest absolute Gasteiger partial charge is 0.366 e. The van der Waals surface area contributed by atoms with E-state index >= 15 is 0 Å². The van der Waals surface area contributed by atoms with Gasteiger partial charge in [-0.25, -0.2) is 0 Å². The predicted molar refractivity (Wildman–Crippen MR) is 72.9 cm³/mol. The Morgan fingerprint density at radius 2 is 2.00 bits per heavy atom. The zero-order chi connectivity index (χ0) is 14.0. The zero-order valence-corrected chi connectivity index (χ0v) is 11.2. The molecule has 102 valence electrons. The smallest absolute Gasteiger partial charge is 0.254 e. The van der Waals surface area contributed by atoms with Gasteiger partial charge in [0.1, 0.15) is 0 Å². The quantitative estimate of drug-likeness (QED) is 0.819. The van der Waals surface area contributed by atoms with Crippen molar-refractivity contribution in [1.82, 2.24) is 10.2 Å². The molecule has 1 saturated heterocycles. The molecule has 19 heavy (non-hydrogen) atoms. The van der Waals surface area contributed by atoms with E-state index in [9.17, 15) is 9.59 Å². The molecule has 2 unspecified atom stereocenters. The molecule has 0 spiro atoms. The van der Waals surface area contributed by atoms with Gasteiger partial charge in [-0.15, -0.1) is 0 Å². The first-order valence-corrected chi connectivity index (χ1v) is 6.45. The highest BCUT2D eigenvalue weighted by Gasteiger charge is 2.28. The van der Waals surface area contributed by atoms with Gasteiger partial charge in [-0.2, -0.15) is 0 Å². The number of hydrogen-bond acceptors (Lipinski definition) is 3. The second-order valence-corrected chi connectivity index (χ2v) is 4.93. The maximum atomic E-state index is 12.5. The van der Waals surface area contributed by atoms with Gasteiger partial charge < -0.3 is 16.0 Å². The van der Waals surface area contributed by atoms with Crippen LogP contribution in [0.1, 0.15) is 34.6 Å². The van der Waals surface area contributed by atoms with E-state index in [-0.39, 0.29) is 18.0 Å². The topological polar surface area (TPSA) is 75.4 Å². The van der Waals surface area contributed by atoms with Crippen molar-refractivity contribution in [3.8, 4) is 0 Å². The van der Waals surface area contributed by atoms with Gasteiger partial charge in [-0.05, 0) is 32.0 Å². The first-order chi connectivity index (χ1) is 9.00. The van der Waals surface area contributed by atoms with Crippen LogP contribution >= 0.6 is 0 Å². The van der Waals surface area contributed by atoms with Crippen molar-refractivity contribution in [3.63, 3.8) is 0 Å². The second-order valence-electron chi connectivity index (χ2n) is 4.93. The number of nitrogens with zero attached hydrogens (tertiary/aromatic N) is 1. The van der Waals surface area contributed by atoms with E-state index in [1.807, 2.05) is 11.8 Å². The first kappa shape index (κ1) is 13.5. The molecule has 0 saturated carbocycles. The van der Waals surface area contributed by atoms with Gasteiger partial charge in [-0.3, -0.25) is 9.59 Å². The van der Waals surface area contributed by atoms with Gasteiger partial charge in [0.15, 0.2) is 0 Å². The van der Waals surface area contributed by atoms with Crippen LogP contribution in [0.4, 0.5) is 0 Å². The van der Waals surface area contributed by atoms with Gasteiger partial charge in [0, 0.05) is 36.3 Å². The molecule has 1 heterocycles. The minimum absolute atomic E-state index is 0.0519. The fraction of sp³-hybridized carbons (Fsp3) is 0.429. The summed E-state index contributed by atoms with van der Waals surface area (Å²) in [5.41, 5.74) is 6.11. The van der Waals surface area contributed by atoms with Crippen LogP contribution in [0.3, 0.4) is 0 Å². The Labute approximate surface area is 112 Å². The monoisotopic (exact) mass is 261 g/mol. The number of carbonyl (C=O) groups excluding carboxylic acids is 2. The molecule has 0 bridgehead atoms. The van der Waals surface area contributed by atoms with E-state index in [0.29, 0.717) is 17.7 Å². The lowest BCUT2D eigenvalue weighted by molar-refractivity contribution is 0.0603. The van der Waals surface area contributed by atoms with E-state index in [0.717, 1.165) is 6.54 Å². The molecule has 0 radical (unpaired) electrons. The SMILES string of the molecule is CC1NCCN(C(=O)c2cccc(C(N)=O)c2)C1C. The van der Waals surface area contributed by atoms with Gasteiger partial charge in [0.25, 0.3) is 5.91 Å². The molecule has 2 rings (SSSR count). The van der Waals surface area contributed by atoms with Crippen LogP contribution in [0.25, 0.3) is 0 Å². The Bertz CT molecular complexity index is 501. The summed E-state index contributed by atoms with van der Waals surface area (Å²) in [6.45, 7) is 5.54. The van der Waals surface area contributed by atoms with Crippen molar-refractivity contribution >= 4 is 11.8 Å². The number of amides is 2. The van der Waals surface area contributed by atoms with Gasteiger partial charge in [0.05, 0.1) is 0 Å². The number of primary amides is 1. The Morgan fingerprint density at radius 3 is 2.68 bits per heavy atom. The number of hydrogen-bond donors (Lipinski definition) is 2. The number of piperazine rings is 1. The lowest BCUT2D eigenvalue weighted by atomic mass is 10.0. The lowest BCUT2D eigenvalue weighted by Crippen LogP contribution is -2.57. The van der Waals surface area contributed by atoms with Crippen LogP contribution in [-0.2, 0) is 0 Å². The number of carbonyl (C=O) groups is 2. The highest BCUT2D eigenvalue weighted by molar-refractivity contribution is 5.99. The minimum atomic E-state index is -0.517. The van der Waals surface area contributed by atoms with Gasteiger partial charge in [-0.1, -0.05) is 6.07 Å². The average Bonchev–Trinajstić information content (AvgIpc) is 2.41. The molecule has 1 aromatic rings. The Morgan fingerprint density at radius 1 is 1.32 bits per heavy atom. The van der Waals surface area contributed by atoms with E-state index in [1.165, 1.54) is 0 Å². The molecule has 2 atom stereocenters. The molecular weight excluding hydrogens is 242 g/mol. The third-order valence-corrected chi connectivity index (χ3v) is 3.69. The molecule has 1 aliphatic heterocycles. The summed E-state index contributed by atoms with van der Waals surface area (Å²) in [5.74, 6) is -0.569. The number of rotatable bonds is 2. The standard InChI is InChI=1S/C14H19N3O2/c1-9-10(2)17(7-6-16-9)14(19)12-5-3-4-11(8-12)13(15)18/h3-5,8-10,16H,6-7H2,1-2H3,(H2,15,18). The predicted octanol–water partition coefficient (Wildman–Crippen LogP) is 0.608. The zero-order valence-electron chi connectivity index (χ0n) is 11.2. The minimum Gasteiger partial charge on any atom is -0.366 e. The van der Waals surface area contributed by atoms with E-state index in [1.54, 1.807) is 24.3 Å². The summed E-state index contributed by atoms with van der Waals surface area (Å²) in [7, 11) is 0. The van der Waals surface area contributed by atoms with Crippen molar-refractivity contribution in [1.29, 1.82) is 0 Å². The summed E-state index contributed by atoms with van der Waals surface area (Å²) < 4.78 is 0. The fourth-order valence-electron chi connectivity index (χ4n) is 2.31. The van der Waals surface area contributed by atoms with Crippen LogP contribution in [0, 0.1) is 0 Å². The van der Waals surface area contributed by atoms with E-state index < -0.39 is 5.91 Å². The Hall–Kier alpha value is -1.88. The van der Waals surface area contributed by atoms with Crippen molar-refractivity contribution in [2.75, 3.05) is 13.1 Å². The van der Waals surface area contributed by atoms with Crippen LogP contribution in [0.15, 0.2) is 24.3 Å². The lowest BCUT2D eigenvalue weighted by Gasteiger charge is -2.38. The number of benzene rings is 1. The molecule has 1 fully saturated rings. The van der Waals surface area contributed by atoms with Crippen molar-refractivity contribution < 1.29 is 9.59 Å². The van der Waals surface area contributed by atoms with Crippen LogP contribution in [0.5, 0.6) is 0 Å². The molecule has 3 N–H and O–H groups in total. The van der Waals surface area contributed by atoms with Gasteiger partial charge >= 0.3 is 0 Å². The Balaban J connectivity index is 2.23. The molecule has 0 aliphatic carbocycles. The summed E-state index contributed by atoms with van der Waals surface area (Å²) in [6, 6.07) is 6.96. The van der Waals surface area contributed by atoms with E-state index in [2.05, 4.69) is 12.2 Å². The van der Waals surface area contributed by atoms with Gasteiger partial charge in [0.2, 0.25) is 5.91 Å². The first-order valence-electron chi connectivity index (χ1n) is 6.45. The second kappa shape index (κ2) is 5.40. The maximum Gasteiger partial charge on any atom is 0.254 e. The summed E-state index contributed by atoms with van der Waals surface area (Å²) in [4.78, 5) is 25.5. The Kier molecular flexibility index (Phi) is 3.85. The summed E-state index contributed by atoms with van der Waals surface area (Å²) >= 11 is 0. The maximum absolute atomic E-state index is 12.5. The summed E-state index contributed by atoms with van der Waals surface area (Å²) in [6.07, 6.45) is 0. The molecule has 5 heteroatoms. The highest BCUT2D eigenvalue weighted by Crippen LogP contribution is 2.14. The molecular formula is C14H19N3O2. The average molecular weight is 261 g/mol. The summed E-state index contributed by atoms with van der Waals surface area (Å²) in [5, 5.41) is 3.33. The third-order valence-electron chi connectivity index (χ3n) is 3.69. The highest BCUT2D eigenvalue weighted by atomic mass is 16.2. The van der Waals surface area contributed by atoms with Crippen molar-refractivity contribution in [2.24, 2.45) is 5.73 Å². The van der Waals surface area contributed by atoms with Crippen molar-refractivity contribution in [3.05, 3.63) is 35.4 Å².